The van der Waals surface area contributed by atoms with E-state index in [0.29, 0.717) is 10.9 Å². The van der Waals surface area contributed by atoms with Gasteiger partial charge in [-0.3, -0.25) is 0 Å². The molecular formula is C33H23F3O4S. The Labute approximate surface area is 249 Å². The monoisotopic (exact) mass is 582 g/mol. The maximum Gasteiger partial charge on any atom is 0.534 e. The van der Waals surface area contributed by atoms with Crippen LogP contribution in [-0.2, 0) is 10.1 Å². The van der Waals surface area contributed by atoms with Crippen LogP contribution in [0.25, 0.3) is 43.8 Å². The van der Waals surface area contributed by atoms with Crippen molar-refractivity contribution in [3.8, 4) is 33.8 Å². The molecule has 0 atom stereocenters. The SMILES string of the molecule is [2H]c1c([2H])c([2H])c(-c2cc(O)c3ccccc3c2)c([2H])c1[2H].[2H]c1c([2H])c([2H])c(-c2cc(OS(=O)(=O)C(F)(F)F)c3ccccc3c2)c([2H])c1[2H]. The summed E-state index contributed by atoms with van der Waals surface area (Å²) < 4.78 is 144. The lowest BCUT2D eigenvalue weighted by Gasteiger charge is -2.13. The summed E-state index contributed by atoms with van der Waals surface area (Å²) in [4.78, 5) is 0. The number of aromatic hydroxyl groups is 1. The fourth-order valence-electron chi connectivity index (χ4n) is 3.88. The van der Waals surface area contributed by atoms with Crippen molar-refractivity contribution in [1.82, 2.24) is 0 Å². The summed E-state index contributed by atoms with van der Waals surface area (Å²) in [6.07, 6.45) is 0. The average molecular weight is 583 g/mol. The van der Waals surface area contributed by atoms with Crippen molar-refractivity contribution < 1.29 is 44.6 Å². The molecule has 0 saturated carbocycles. The highest BCUT2D eigenvalue weighted by atomic mass is 32.2. The van der Waals surface area contributed by atoms with Crippen molar-refractivity contribution >= 4 is 31.7 Å². The molecule has 206 valence electrons. The quantitative estimate of drug-likeness (QED) is 0.166. The molecule has 6 aromatic carbocycles. The Bertz CT molecular complexity index is 2440. The van der Waals surface area contributed by atoms with E-state index in [9.17, 15) is 26.7 Å². The van der Waals surface area contributed by atoms with Crippen molar-refractivity contribution in [3.05, 3.63) is 133 Å². The summed E-state index contributed by atoms with van der Waals surface area (Å²) in [5.74, 6) is -0.665. The third-order valence-corrected chi connectivity index (χ3v) is 6.69. The molecule has 1 N–H and O–H groups in total. The number of phenols is 1. The first kappa shape index (κ1) is 17.8. The molecule has 41 heavy (non-hydrogen) atoms. The van der Waals surface area contributed by atoms with Crippen LogP contribution in [0.5, 0.6) is 11.5 Å². The third kappa shape index (κ3) is 6.18. The fraction of sp³-hybridized carbons (Fsp3) is 0.0303. The standard InChI is InChI=1S/C17H11F3O3S.C16H12O/c18-17(19,20)24(21,22)23-16-11-14(12-6-2-1-3-7-12)10-13-8-4-5-9-15(13)16;17-16-11-14(12-6-2-1-3-7-12)10-13-8-4-5-9-15(13)16/h1-11H;1-11,17H/i2*1D,2D,3D,6D,7D. The maximum absolute atomic E-state index is 12.8. The van der Waals surface area contributed by atoms with Crippen molar-refractivity contribution in [2.45, 2.75) is 5.51 Å². The molecule has 0 aliphatic heterocycles. The van der Waals surface area contributed by atoms with Gasteiger partial charge in [-0.05, 0) is 57.3 Å². The summed E-state index contributed by atoms with van der Waals surface area (Å²) in [6.45, 7) is 0. The van der Waals surface area contributed by atoms with Crippen LogP contribution in [-0.4, -0.2) is 19.0 Å². The predicted octanol–water partition coefficient (Wildman–Crippen LogP) is 8.95. The molecule has 8 heteroatoms. The lowest BCUT2D eigenvalue weighted by atomic mass is 10.0. The predicted molar refractivity (Wildman–Crippen MR) is 156 cm³/mol. The summed E-state index contributed by atoms with van der Waals surface area (Å²) in [5.41, 5.74) is -5.56. The van der Waals surface area contributed by atoms with Gasteiger partial charge in [-0.15, -0.1) is 0 Å². The van der Waals surface area contributed by atoms with Gasteiger partial charge in [0.15, 0.2) is 5.75 Å². The first-order valence-corrected chi connectivity index (χ1v) is 13.1. The lowest BCUT2D eigenvalue weighted by Crippen LogP contribution is -2.28. The Morgan fingerprint density at radius 3 is 1.63 bits per heavy atom. The van der Waals surface area contributed by atoms with E-state index in [-0.39, 0.29) is 57.4 Å². The second kappa shape index (κ2) is 11.3. The van der Waals surface area contributed by atoms with Crippen molar-refractivity contribution in [1.29, 1.82) is 0 Å². The average Bonchev–Trinajstić information content (AvgIpc) is 3.08. The van der Waals surface area contributed by atoms with Gasteiger partial charge in [0, 0.05) is 10.8 Å². The number of hydrogen-bond donors (Lipinski definition) is 1. The summed E-state index contributed by atoms with van der Waals surface area (Å²) >= 11 is 0. The molecule has 0 aliphatic carbocycles. The Hall–Kier alpha value is -4.82. The second-order valence-electron chi connectivity index (χ2n) is 8.40. The Morgan fingerprint density at radius 2 is 1.10 bits per heavy atom. The number of rotatable bonds is 4. The molecular weight excluding hydrogens is 549 g/mol. The normalized spacial score (nSPS) is 15.0. The van der Waals surface area contributed by atoms with Crippen LogP contribution in [0.2, 0.25) is 0 Å². The molecule has 6 aromatic rings. The molecule has 0 amide bonds. The van der Waals surface area contributed by atoms with E-state index in [1.54, 1.807) is 24.3 Å². The summed E-state index contributed by atoms with van der Waals surface area (Å²) in [6, 6.07) is 13.5. The number of phenolic OH excluding ortho intramolecular Hbond substituents is 1. The first-order chi connectivity index (χ1) is 23.8. The zero-order chi connectivity index (χ0) is 37.7. The van der Waals surface area contributed by atoms with Crippen molar-refractivity contribution in [3.63, 3.8) is 0 Å². The molecule has 0 aromatic heterocycles. The smallest absolute Gasteiger partial charge is 0.507 e. The van der Waals surface area contributed by atoms with Crippen LogP contribution in [0.3, 0.4) is 0 Å². The zero-order valence-electron chi connectivity index (χ0n) is 30.6. The molecule has 0 heterocycles. The van der Waals surface area contributed by atoms with Gasteiger partial charge in [0.1, 0.15) is 5.75 Å². The highest BCUT2D eigenvalue weighted by Gasteiger charge is 2.48. The second-order valence-corrected chi connectivity index (χ2v) is 9.93. The van der Waals surface area contributed by atoms with Crippen LogP contribution in [0.4, 0.5) is 13.2 Å². The van der Waals surface area contributed by atoms with Gasteiger partial charge in [-0.25, -0.2) is 0 Å². The van der Waals surface area contributed by atoms with E-state index in [4.69, 9.17) is 13.7 Å². The van der Waals surface area contributed by atoms with Crippen LogP contribution >= 0.6 is 0 Å². The topological polar surface area (TPSA) is 63.6 Å². The van der Waals surface area contributed by atoms with Gasteiger partial charge < -0.3 is 9.29 Å². The van der Waals surface area contributed by atoms with Crippen LogP contribution in [0, 0.1) is 0 Å². The minimum absolute atomic E-state index is 0.0138. The first-order valence-electron chi connectivity index (χ1n) is 16.7. The Balaban J connectivity index is 0.000000205. The Kier molecular flexibility index (Phi) is 4.92. The molecule has 4 nitrogen and oxygen atoms in total. The highest BCUT2D eigenvalue weighted by molar-refractivity contribution is 7.88. The molecule has 0 fully saturated rings. The minimum atomic E-state index is -5.98. The molecule has 6 rings (SSSR count). The van der Waals surface area contributed by atoms with E-state index in [0.717, 1.165) is 11.5 Å². The summed E-state index contributed by atoms with van der Waals surface area (Å²) in [7, 11) is -5.98. The molecule has 0 bridgehead atoms. The number of benzene rings is 6. The van der Waals surface area contributed by atoms with Gasteiger partial charge in [-0.2, -0.15) is 21.6 Å². The summed E-state index contributed by atoms with van der Waals surface area (Å²) in [5, 5.41) is 11.8. The largest absolute Gasteiger partial charge is 0.534 e. The Morgan fingerprint density at radius 1 is 0.634 bits per heavy atom. The van der Waals surface area contributed by atoms with Crippen molar-refractivity contribution in [2.75, 3.05) is 0 Å². The fourth-order valence-corrected chi connectivity index (χ4v) is 4.35. The molecule has 0 radical (unpaired) electrons. The van der Waals surface area contributed by atoms with Gasteiger partial charge in [0.2, 0.25) is 0 Å². The van der Waals surface area contributed by atoms with Crippen LogP contribution in [0.1, 0.15) is 13.7 Å². The van der Waals surface area contributed by atoms with E-state index in [2.05, 4.69) is 4.18 Å². The minimum Gasteiger partial charge on any atom is -0.507 e. The highest BCUT2D eigenvalue weighted by Crippen LogP contribution is 2.36. The lowest BCUT2D eigenvalue weighted by molar-refractivity contribution is -0.0499. The molecule has 0 aliphatic rings. The van der Waals surface area contributed by atoms with Crippen LogP contribution in [0.15, 0.2) is 133 Å². The van der Waals surface area contributed by atoms with E-state index in [1.165, 1.54) is 36.4 Å². The number of hydrogen-bond acceptors (Lipinski definition) is 4. The maximum atomic E-state index is 12.8. The third-order valence-electron chi connectivity index (χ3n) is 5.72. The van der Waals surface area contributed by atoms with Crippen molar-refractivity contribution in [2.24, 2.45) is 0 Å². The van der Waals surface area contributed by atoms with Gasteiger partial charge in [0.25, 0.3) is 0 Å². The van der Waals surface area contributed by atoms with Crippen LogP contribution < -0.4 is 4.18 Å². The molecule has 0 unspecified atom stereocenters. The van der Waals surface area contributed by atoms with Gasteiger partial charge >= 0.3 is 15.6 Å². The van der Waals surface area contributed by atoms with E-state index >= 15 is 0 Å². The van der Waals surface area contributed by atoms with E-state index in [1.807, 2.05) is 6.07 Å². The number of halogens is 3. The molecule has 0 saturated heterocycles. The van der Waals surface area contributed by atoms with E-state index < -0.39 is 57.6 Å². The zero-order valence-corrected chi connectivity index (χ0v) is 21.5. The number of fused-ring (bicyclic) bond motifs is 2. The number of alkyl halides is 3. The van der Waals surface area contributed by atoms with Gasteiger partial charge in [0.05, 0.1) is 13.7 Å². The molecule has 0 spiro atoms. The van der Waals surface area contributed by atoms with Gasteiger partial charge in [-0.1, -0.05) is 109 Å².